The second-order valence-electron chi connectivity index (χ2n) is 5.32. The maximum Gasteiger partial charge on any atom is 0.0629 e. The van der Waals surface area contributed by atoms with Gasteiger partial charge in [0.25, 0.3) is 0 Å². The van der Waals surface area contributed by atoms with E-state index in [-0.39, 0.29) is 0 Å². The van der Waals surface area contributed by atoms with Crippen molar-refractivity contribution in [1.29, 1.82) is 0 Å². The number of aromatic amines is 1. The van der Waals surface area contributed by atoms with E-state index in [9.17, 15) is 0 Å². The third kappa shape index (κ3) is 2.77. The van der Waals surface area contributed by atoms with E-state index >= 15 is 0 Å². The quantitative estimate of drug-likeness (QED) is 0.532. The van der Waals surface area contributed by atoms with Gasteiger partial charge in [-0.1, -0.05) is 36.4 Å². The number of rotatable bonds is 3. The van der Waals surface area contributed by atoms with Gasteiger partial charge in [0, 0.05) is 40.8 Å². The highest BCUT2D eigenvalue weighted by Crippen LogP contribution is 2.25. The van der Waals surface area contributed by atoms with Crippen LogP contribution < -0.4 is 0 Å². The molecule has 0 bridgehead atoms. The molecule has 23 heavy (non-hydrogen) atoms. The molecule has 0 aliphatic carbocycles. The van der Waals surface area contributed by atoms with E-state index in [4.69, 9.17) is 0 Å². The highest BCUT2D eigenvalue weighted by Gasteiger charge is 2.05. The largest absolute Gasteiger partial charge is 0.354 e. The Balaban J connectivity index is 1.76. The summed E-state index contributed by atoms with van der Waals surface area (Å²) in [6.07, 6.45) is 5.52. The fourth-order valence-corrected chi connectivity index (χ4v) is 2.63. The van der Waals surface area contributed by atoms with Gasteiger partial charge in [-0.3, -0.25) is 9.98 Å². The predicted octanol–water partition coefficient (Wildman–Crippen LogP) is 4.98. The lowest BCUT2D eigenvalue weighted by atomic mass is 10.1. The maximum atomic E-state index is 4.55. The summed E-state index contributed by atoms with van der Waals surface area (Å²) in [5.41, 5.74) is 5.33. The van der Waals surface area contributed by atoms with Crippen molar-refractivity contribution in [2.45, 2.75) is 0 Å². The summed E-state index contributed by atoms with van der Waals surface area (Å²) >= 11 is 0. The molecule has 3 heteroatoms. The average molecular weight is 297 g/mol. The number of hydrogen-bond acceptors (Lipinski definition) is 2. The normalized spacial score (nSPS) is 11.3. The first kappa shape index (κ1) is 13.5. The Morgan fingerprint density at radius 1 is 0.870 bits per heavy atom. The van der Waals surface area contributed by atoms with Gasteiger partial charge in [-0.15, -0.1) is 0 Å². The van der Waals surface area contributed by atoms with Crippen LogP contribution in [0.15, 0.2) is 84.1 Å². The molecule has 0 aliphatic rings. The summed E-state index contributed by atoms with van der Waals surface area (Å²) in [6, 6.07) is 22.4. The van der Waals surface area contributed by atoms with E-state index in [1.807, 2.05) is 48.7 Å². The van der Waals surface area contributed by atoms with Crippen LogP contribution in [0.1, 0.15) is 5.56 Å². The Morgan fingerprint density at radius 3 is 2.52 bits per heavy atom. The fourth-order valence-electron chi connectivity index (χ4n) is 2.63. The van der Waals surface area contributed by atoms with Crippen LogP contribution in [0.25, 0.3) is 22.2 Å². The topological polar surface area (TPSA) is 41.0 Å². The van der Waals surface area contributed by atoms with Crippen LogP contribution >= 0.6 is 0 Å². The number of aliphatic imine (C=N–C) groups is 1. The van der Waals surface area contributed by atoms with E-state index in [1.165, 1.54) is 5.39 Å². The number of nitrogens with zero attached hydrogens (tertiary/aromatic N) is 2. The van der Waals surface area contributed by atoms with Crippen molar-refractivity contribution in [3.05, 3.63) is 84.7 Å². The van der Waals surface area contributed by atoms with Crippen LogP contribution in [0, 0.1) is 0 Å². The average Bonchev–Trinajstić information content (AvgIpc) is 3.06. The first-order valence-corrected chi connectivity index (χ1v) is 7.51. The van der Waals surface area contributed by atoms with Gasteiger partial charge in [0.15, 0.2) is 0 Å². The van der Waals surface area contributed by atoms with Gasteiger partial charge in [-0.2, -0.15) is 0 Å². The molecule has 2 aromatic carbocycles. The van der Waals surface area contributed by atoms with Crippen molar-refractivity contribution in [2.24, 2.45) is 4.99 Å². The summed E-state index contributed by atoms with van der Waals surface area (Å²) in [7, 11) is 0. The van der Waals surface area contributed by atoms with Crippen LogP contribution in [-0.4, -0.2) is 16.2 Å². The van der Waals surface area contributed by atoms with Gasteiger partial charge in [0.1, 0.15) is 0 Å². The summed E-state index contributed by atoms with van der Waals surface area (Å²) in [4.78, 5) is 12.1. The minimum Gasteiger partial charge on any atom is -0.354 e. The molecule has 4 aromatic rings. The Labute approximate surface area is 134 Å². The zero-order valence-electron chi connectivity index (χ0n) is 12.5. The third-order valence-electron chi connectivity index (χ3n) is 3.79. The van der Waals surface area contributed by atoms with Gasteiger partial charge in [0.05, 0.1) is 11.2 Å². The van der Waals surface area contributed by atoms with Crippen molar-refractivity contribution in [3.8, 4) is 11.3 Å². The van der Waals surface area contributed by atoms with Crippen molar-refractivity contribution in [2.75, 3.05) is 0 Å². The van der Waals surface area contributed by atoms with Crippen LogP contribution in [-0.2, 0) is 0 Å². The molecule has 0 atom stereocenters. The fraction of sp³-hybridized carbons (Fsp3) is 0. The summed E-state index contributed by atoms with van der Waals surface area (Å²) < 4.78 is 0. The molecule has 2 heterocycles. The molecule has 0 unspecified atom stereocenters. The van der Waals surface area contributed by atoms with Crippen LogP contribution in [0.2, 0.25) is 0 Å². The first-order chi connectivity index (χ1) is 11.4. The van der Waals surface area contributed by atoms with E-state index in [0.717, 1.165) is 28.0 Å². The van der Waals surface area contributed by atoms with Crippen LogP contribution in [0.4, 0.5) is 5.69 Å². The van der Waals surface area contributed by atoms with Crippen molar-refractivity contribution in [3.63, 3.8) is 0 Å². The lowest BCUT2D eigenvalue weighted by Crippen LogP contribution is -1.83. The standard InChI is InChI=1S/C20H15N3/c1-2-7-18(8-3-1)22-14-17-6-4-5-16-13-19(23-20(16)17)15-9-11-21-12-10-15/h1-14,23H. The highest BCUT2D eigenvalue weighted by atomic mass is 14.7. The monoisotopic (exact) mass is 297 g/mol. The molecule has 110 valence electrons. The smallest absolute Gasteiger partial charge is 0.0629 e. The molecule has 1 N–H and O–H groups in total. The van der Waals surface area contributed by atoms with Gasteiger partial charge >= 0.3 is 0 Å². The third-order valence-corrected chi connectivity index (χ3v) is 3.79. The molecule has 0 amide bonds. The second kappa shape index (κ2) is 5.89. The lowest BCUT2D eigenvalue weighted by Gasteiger charge is -1.98. The number of benzene rings is 2. The van der Waals surface area contributed by atoms with Crippen molar-refractivity contribution in [1.82, 2.24) is 9.97 Å². The van der Waals surface area contributed by atoms with Crippen molar-refractivity contribution < 1.29 is 0 Å². The number of para-hydroxylation sites is 2. The zero-order valence-corrected chi connectivity index (χ0v) is 12.5. The molecule has 4 rings (SSSR count). The highest BCUT2D eigenvalue weighted by molar-refractivity contribution is 6.00. The Bertz CT molecular complexity index is 954. The van der Waals surface area contributed by atoms with Crippen LogP contribution in [0.3, 0.4) is 0 Å². The van der Waals surface area contributed by atoms with E-state index in [0.29, 0.717) is 0 Å². The molecule has 2 aromatic heterocycles. The molecule has 0 saturated heterocycles. The van der Waals surface area contributed by atoms with Gasteiger partial charge in [0.2, 0.25) is 0 Å². The Morgan fingerprint density at radius 2 is 1.70 bits per heavy atom. The summed E-state index contributed by atoms with van der Waals surface area (Å²) in [5, 5.41) is 1.17. The molecule has 0 radical (unpaired) electrons. The molecule has 0 aliphatic heterocycles. The van der Waals surface area contributed by atoms with Crippen molar-refractivity contribution >= 4 is 22.8 Å². The van der Waals surface area contributed by atoms with Gasteiger partial charge in [-0.25, -0.2) is 0 Å². The molecule has 0 fully saturated rings. The number of pyridine rings is 1. The number of nitrogens with one attached hydrogen (secondary N) is 1. The Kier molecular flexibility index (Phi) is 3.45. The van der Waals surface area contributed by atoms with E-state index < -0.39 is 0 Å². The number of fused-ring (bicyclic) bond motifs is 1. The minimum absolute atomic E-state index is 0.949. The zero-order chi connectivity index (χ0) is 15.5. The molecule has 0 saturated carbocycles. The second-order valence-corrected chi connectivity index (χ2v) is 5.32. The summed E-state index contributed by atoms with van der Waals surface area (Å²) in [5.74, 6) is 0. The maximum absolute atomic E-state index is 4.55. The molecular weight excluding hydrogens is 282 g/mol. The minimum atomic E-state index is 0.949. The number of H-pyrrole nitrogens is 1. The number of hydrogen-bond donors (Lipinski definition) is 1. The molecular formula is C20H15N3. The predicted molar refractivity (Wildman–Crippen MR) is 95.2 cm³/mol. The van der Waals surface area contributed by atoms with Gasteiger partial charge < -0.3 is 4.98 Å². The lowest BCUT2D eigenvalue weighted by molar-refractivity contribution is 1.32. The van der Waals surface area contributed by atoms with Gasteiger partial charge in [-0.05, 0) is 30.3 Å². The summed E-state index contributed by atoms with van der Waals surface area (Å²) in [6.45, 7) is 0. The number of aromatic nitrogens is 2. The van der Waals surface area contributed by atoms with Crippen LogP contribution in [0.5, 0.6) is 0 Å². The first-order valence-electron chi connectivity index (χ1n) is 7.51. The van der Waals surface area contributed by atoms with E-state index in [1.54, 1.807) is 12.4 Å². The SMILES string of the molecule is C(=Nc1ccccc1)c1cccc2cc(-c3ccncc3)[nH]c12. The molecule has 3 nitrogen and oxygen atoms in total. The van der Waals surface area contributed by atoms with E-state index in [2.05, 4.69) is 39.2 Å². The molecule has 0 spiro atoms. The Hall–Kier alpha value is -3.20.